The third-order valence-electron chi connectivity index (χ3n) is 10.6. The number of aliphatic hydroxyl groups is 3. The van der Waals surface area contributed by atoms with Gasteiger partial charge in [0.1, 0.15) is 0 Å². The van der Waals surface area contributed by atoms with Crippen LogP contribution >= 0.6 is 0 Å². The molecule has 0 saturated heterocycles. The minimum absolute atomic E-state index is 0.111. The van der Waals surface area contributed by atoms with E-state index in [9.17, 15) is 20.1 Å². The fourth-order valence-corrected chi connectivity index (χ4v) is 8.78. The van der Waals surface area contributed by atoms with Gasteiger partial charge in [0.05, 0.1) is 25.4 Å². The molecular weight excluding hydrogens is 380 g/mol. The van der Waals surface area contributed by atoms with Crippen LogP contribution in [0.2, 0.25) is 0 Å². The molecule has 0 spiro atoms. The molecule has 3 N–H and O–H groups in total. The van der Waals surface area contributed by atoms with Crippen molar-refractivity contribution >= 4 is 5.97 Å². The molecule has 0 aromatic carbocycles. The first kappa shape index (κ1) is 22.5. The number of hydrogen-bond acceptors (Lipinski definition) is 5. The summed E-state index contributed by atoms with van der Waals surface area (Å²) in [6, 6.07) is 0. The van der Waals surface area contributed by atoms with Crippen molar-refractivity contribution in [2.24, 2.45) is 46.3 Å². The normalized spacial score (nSPS) is 51.4. The summed E-state index contributed by atoms with van der Waals surface area (Å²) in [5, 5.41) is 33.1. The molecule has 0 heterocycles. The topological polar surface area (TPSA) is 87.0 Å². The highest BCUT2D eigenvalue weighted by Crippen LogP contribution is 2.68. The zero-order valence-electron chi connectivity index (χ0n) is 19.2. The highest BCUT2D eigenvalue weighted by molar-refractivity contribution is 5.69. The van der Waals surface area contributed by atoms with Gasteiger partial charge in [0.15, 0.2) is 0 Å². The van der Waals surface area contributed by atoms with Crippen molar-refractivity contribution in [1.29, 1.82) is 0 Å². The number of ether oxygens (including phenoxy) is 1. The van der Waals surface area contributed by atoms with Crippen molar-refractivity contribution < 1.29 is 24.9 Å². The average Bonchev–Trinajstić information content (AvgIpc) is 3.06. The Morgan fingerprint density at radius 2 is 1.80 bits per heavy atom. The molecule has 4 aliphatic rings. The first-order valence-electron chi connectivity index (χ1n) is 12.2. The molecule has 4 fully saturated rings. The molecule has 30 heavy (non-hydrogen) atoms. The molecule has 4 rings (SSSR count). The first-order chi connectivity index (χ1) is 14.1. The quantitative estimate of drug-likeness (QED) is 0.603. The maximum Gasteiger partial charge on any atom is 0.305 e. The Kier molecular flexibility index (Phi) is 6.04. The van der Waals surface area contributed by atoms with Gasteiger partial charge in [-0.3, -0.25) is 4.79 Å². The molecule has 5 heteroatoms. The standard InChI is InChI=1S/C25H42O5/c1-14(5-8-22(29)30-4)17-6-7-18-23-19(13-21(28)25(17,18)3)24(2)10-9-16(26)11-15(24)12-20(23)27/h14-21,23,26-28H,5-13H2,1-4H3/t14-,15+,16-,17-,18+,19+,20+,21+,23+,24-,25+/m0/s1. The van der Waals surface area contributed by atoms with Gasteiger partial charge in [0.25, 0.3) is 0 Å². The molecule has 0 unspecified atom stereocenters. The van der Waals surface area contributed by atoms with Crippen molar-refractivity contribution in [3.8, 4) is 0 Å². The Balaban J connectivity index is 1.58. The number of esters is 1. The van der Waals surface area contributed by atoms with Crippen LogP contribution in [0.25, 0.3) is 0 Å². The van der Waals surface area contributed by atoms with E-state index in [0.29, 0.717) is 36.0 Å². The minimum atomic E-state index is -0.369. The molecule has 5 nitrogen and oxygen atoms in total. The zero-order chi connectivity index (χ0) is 21.8. The van der Waals surface area contributed by atoms with Crippen LogP contribution in [0.4, 0.5) is 0 Å². The summed E-state index contributed by atoms with van der Waals surface area (Å²) in [7, 11) is 1.44. The summed E-state index contributed by atoms with van der Waals surface area (Å²) in [6.07, 6.45) is 6.60. The maximum atomic E-state index is 11.7. The molecule has 0 aromatic rings. The van der Waals surface area contributed by atoms with E-state index >= 15 is 0 Å². The van der Waals surface area contributed by atoms with E-state index in [1.807, 2.05) is 0 Å². The molecule has 0 bridgehead atoms. The third-order valence-corrected chi connectivity index (χ3v) is 10.6. The molecule has 4 aliphatic carbocycles. The fourth-order valence-electron chi connectivity index (χ4n) is 8.78. The van der Waals surface area contributed by atoms with Crippen LogP contribution in [0.3, 0.4) is 0 Å². The number of hydrogen-bond donors (Lipinski definition) is 3. The SMILES string of the molecule is COC(=O)CC[C@H](C)[C@@H]1CC[C@@H]2[C@H]3[C@H](O)C[C@H]4C[C@@H](O)CC[C@]4(C)[C@@H]3C[C@@H](O)[C@@]21C. The number of carbonyl (C=O) groups excluding carboxylic acids is 1. The fraction of sp³-hybridized carbons (Fsp3) is 0.960. The Bertz CT molecular complexity index is 651. The maximum absolute atomic E-state index is 11.7. The number of methoxy groups -OCH3 is 1. The van der Waals surface area contributed by atoms with E-state index in [-0.39, 0.29) is 41.0 Å². The van der Waals surface area contributed by atoms with E-state index < -0.39 is 0 Å². The van der Waals surface area contributed by atoms with Gasteiger partial charge in [-0.2, -0.15) is 0 Å². The summed E-state index contributed by atoms with van der Waals surface area (Å²) in [6.45, 7) is 6.85. The van der Waals surface area contributed by atoms with Crippen LogP contribution < -0.4 is 0 Å². The van der Waals surface area contributed by atoms with Crippen LogP contribution in [-0.4, -0.2) is 46.7 Å². The summed E-state index contributed by atoms with van der Waals surface area (Å²) in [4.78, 5) is 11.7. The van der Waals surface area contributed by atoms with Gasteiger partial charge in [0.2, 0.25) is 0 Å². The number of carbonyl (C=O) groups is 1. The summed E-state index contributed by atoms with van der Waals surface area (Å²) < 4.78 is 4.83. The van der Waals surface area contributed by atoms with Gasteiger partial charge in [0, 0.05) is 6.42 Å². The van der Waals surface area contributed by atoms with Gasteiger partial charge < -0.3 is 20.1 Å². The lowest BCUT2D eigenvalue weighted by Gasteiger charge is -2.63. The second-order valence-corrected chi connectivity index (χ2v) is 11.6. The molecule has 0 amide bonds. The highest BCUT2D eigenvalue weighted by atomic mass is 16.5. The minimum Gasteiger partial charge on any atom is -0.469 e. The molecular formula is C25H42O5. The van der Waals surface area contributed by atoms with Crippen molar-refractivity contribution in [2.45, 2.75) is 96.9 Å². The summed E-state index contributed by atoms with van der Waals surface area (Å²) in [5.41, 5.74) is -0.0882. The van der Waals surface area contributed by atoms with E-state index in [1.165, 1.54) is 7.11 Å². The Hall–Kier alpha value is -0.650. The molecule has 0 aliphatic heterocycles. The lowest BCUT2D eigenvalue weighted by molar-refractivity contribution is -0.207. The second kappa shape index (κ2) is 8.04. The lowest BCUT2D eigenvalue weighted by Crippen LogP contribution is -2.62. The van der Waals surface area contributed by atoms with Gasteiger partial charge in [-0.1, -0.05) is 20.8 Å². The number of aliphatic hydroxyl groups excluding tert-OH is 3. The molecule has 4 saturated carbocycles. The van der Waals surface area contributed by atoms with E-state index in [0.717, 1.165) is 51.4 Å². The number of fused-ring (bicyclic) bond motifs is 5. The Morgan fingerprint density at radius 1 is 1.07 bits per heavy atom. The van der Waals surface area contributed by atoms with Crippen molar-refractivity contribution in [3.63, 3.8) is 0 Å². The lowest BCUT2D eigenvalue weighted by atomic mass is 9.43. The highest BCUT2D eigenvalue weighted by Gasteiger charge is 2.65. The van der Waals surface area contributed by atoms with Crippen LogP contribution in [0.5, 0.6) is 0 Å². The van der Waals surface area contributed by atoms with Crippen LogP contribution in [0, 0.1) is 46.3 Å². The zero-order valence-corrected chi connectivity index (χ0v) is 19.2. The molecule has 0 aromatic heterocycles. The monoisotopic (exact) mass is 422 g/mol. The van der Waals surface area contributed by atoms with Crippen LogP contribution in [-0.2, 0) is 9.53 Å². The van der Waals surface area contributed by atoms with E-state index in [2.05, 4.69) is 20.8 Å². The van der Waals surface area contributed by atoms with Gasteiger partial charge >= 0.3 is 5.97 Å². The van der Waals surface area contributed by atoms with Crippen LogP contribution in [0.15, 0.2) is 0 Å². The van der Waals surface area contributed by atoms with Gasteiger partial charge in [-0.15, -0.1) is 0 Å². The summed E-state index contributed by atoms with van der Waals surface area (Å²) in [5.74, 6) is 1.81. The predicted molar refractivity (Wildman–Crippen MR) is 114 cm³/mol. The largest absolute Gasteiger partial charge is 0.469 e. The Labute approximate surface area is 181 Å². The molecule has 172 valence electrons. The molecule has 11 atom stereocenters. The number of rotatable bonds is 4. The third kappa shape index (κ3) is 3.34. The average molecular weight is 423 g/mol. The second-order valence-electron chi connectivity index (χ2n) is 11.6. The van der Waals surface area contributed by atoms with Crippen molar-refractivity contribution in [2.75, 3.05) is 7.11 Å². The Morgan fingerprint density at radius 3 is 2.50 bits per heavy atom. The van der Waals surface area contributed by atoms with Crippen LogP contribution in [0.1, 0.15) is 78.6 Å². The van der Waals surface area contributed by atoms with E-state index in [1.54, 1.807) is 0 Å². The van der Waals surface area contributed by atoms with Gasteiger partial charge in [-0.05, 0) is 97.7 Å². The van der Waals surface area contributed by atoms with Gasteiger partial charge in [-0.25, -0.2) is 0 Å². The molecule has 0 radical (unpaired) electrons. The van der Waals surface area contributed by atoms with Crippen molar-refractivity contribution in [1.82, 2.24) is 0 Å². The van der Waals surface area contributed by atoms with Crippen molar-refractivity contribution in [3.05, 3.63) is 0 Å². The van der Waals surface area contributed by atoms with E-state index in [4.69, 9.17) is 4.74 Å². The first-order valence-corrected chi connectivity index (χ1v) is 12.2. The summed E-state index contributed by atoms with van der Waals surface area (Å²) >= 11 is 0. The smallest absolute Gasteiger partial charge is 0.305 e. The predicted octanol–water partition coefficient (Wildman–Crippen LogP) is 3.54.